The van der Waals surface area contributed by atoms with Crippen LogP contribution >= 0.6 is 11.6 Å². The molecule has 1 aromatic carbocycles. The fourth-order valence-electron chi connectivity index (χ4n) is 1.79. The highest BCUT2D eigenvalue weighted by molar-refractivity contribution is 6.30. The Morgan fingerprint density at radius 3 is 2.76 bits per heavy atom. The maximum Gasteiger partial charge on any atom is 0.255 e. The van der Waals surface area contributed by atoms with Crippen LogP contribution in [0.1, 0.15) is 16.8 Å². The van der Waals surface area contributed by atoms with Gasteiger partial charge in [0.25, 0.3) is 5.56 Å². The summed E-state index contributed by atoms with van der Waals surface area (Å²) in [4.78, 5) is 18.6. The molecule has 0 radical (unpaired) electrons. The lowest BCUT2D eigenvalue weighted by Crippen LogP contribution is -2.19. The van der Waals surface area contributed by atoms with E-state index in [0.717, 1.165) is 5.56 Å². The van der Waals surface area contributed by atoms with Gasteiger partial charge in [0.15, 0.2) is 0 Å². The van der Waals surface area contributed by atoms with Crippen molar-refractivity contribution in [3.63, 3.8) is 0 Å². The molecule has 6 nitrogen and oxygen atoms in total. The van der Waals surface area contributed by atoms with Gasteiger partial charge in [-0.05, 0) is 24.6 Å². The van der Waals surface area contributed by atoms with Crippen LogP contribution in [0.3, 0.4) is 0 Å². The lowest BCUT2D eigenvalue weighted by Gasteiger charge is -2.05. The Bertz CT molecular complexity index is 695. The van der Waals surface area contributed by atoms with Gasteiger partial charge in [0, 0.05) is 23.6 Å². The van der Waals surface area contributed by atoms with Crippen molar-refractivity contribution in [1.29, 1.82) is 0 Å². The van der Waals surface area contributed by atoms with Crippen molar-refractivity contribution in [2.24, 2.45) is 5.10 Å². The van der Waals surface area contributed by atoms with Gasteiger partial charge in [-0.15, -0.1) is 0 Å². The van der Waals surface area contributed by atoms with Gasteiger partial charge in [0.1, 0.15) is 0 Å². The zero-order valence-corrected chi connectivity index (χ0v) is 12.2. The number of nitrogens with one attached hydrogen (secondary N) is 2. The average molecular weight is 307 g/mol. The Morgan fingerprint density at radius 1 is 1.43 bits per heavy atom. The van der Waals surface area contributed by atoms with Gasteiger partial charge < -0.3 is 5.11 Å². The van der Waals surface area contributed by atoms with Gasteiger partial charge in [-0.2, -0.15) is 5.10 Å². The smallest absolute Gasteiger partial charge is 0.255 e. The summed E-state index contributed by atoms with van der Waals surface area (Å²) in [6.45, 7) is 1.63. The number of aryl methyl sites for hydroxylation is 1. The molecule has 0 aliphatic heterocycles. The maximum atomic E-state index is 11.8. The van der Waals surface area contributed by atoms with Crippen LogP contribution in [-0.4, -0.2) is 27.9 Å². The Hall–Kier alpha value is -2.18. The minimum absolute atomic E-state index is 0.0902. The van der Waals surface area contributed by atoms with E-state index in [9.17, 15) is 4.79 Å². The zero-order valence-electron chi connectivity index (χ0n) is 11.4. The van der Waals surface area contributed by atoms with Gasteiger partial charge in [0.2, 0.25) is 5.95 Å². The largest absolute Gasteiger partial charge is 0.396 e. The summed E-state index contributed by atoms with van der Waals surface area (Å²) < 4.78 is 0. The second kappa shape index (κ2) is 7.01. The molecule has 0 atom stereocenters. The molecule has 3 N–H and O–H groups in total. The normalized spacial score (nSPS) is 11.0. The lowest BCUT2D eigenvalue weighted by atomic mass is 10.2. The number of nitrogens with zero attached hydrogens (tertiary/aromatic N) is 2. The number of H-pyrrole nitrogens is 1. The summed E-state index contributed by atoms with van der Waals surface area (Å²) in [6, 6.07) is 7.16. The fourth-order valence-corrected chi connectivity index (χ4v) is 1.91. The first-order valence-corrected chi connectivity index (χ1v) is 6.73. The van der Waals surface area contributed by atoms with Gasteiger partial charge in [-0.25, -0.2) is 10.4 Å². The Morgan fingerprint density at radius 2 is 2.14 bits per heavy atom. The topological polar surface area (TPSA) is 90.4 Å². The number of aromatic amines is 1. The van der Waals surface area contributed by atoms with Gasteiger partial charge >= 0.3 is 0 Å². The predicted octanol–water partition coefficient (Wildman–Crippen LogP) is 1.71. The van der Waals surface area contributed by atoms with E-state index in [1.165, 1.54) is 0 Å². The van der Waals surface area contributed by atoms with Crippen molar-refractivity contribution in [2.75, 3.05) is 12.0 Å². The van der Waals surface area contributed by atoms with Gasteiger partial charge in [-0.3, -0.25) is 9.78 Å². The number of hydrogen-bond acceptors (Lipinski definition) is 5. The van der Waals surface area contributed by atoms with E-state index >= 15 is 0 Å². The Kier molecular flexibility index (Phi) is 5.08. The number of aliphatic hydroxyl groups excluding tert-OH is 1. The molecule has 0 saturated carbocycles. The van der Waals surface area contributed by atoms with Crippen LogP contribution in [0.4, 0.5) is 5.95 Å². The Balaban J connectivity index is 2.10. The van der Waals surface area contributed by atoms with Crippen molar-refractivity contribution in [1.82, 2.24) is 9.97 Å². The van der Waals surface area contributed by atoms with Crippen molar-refractivity contribution in [3.8, 4) is 0 Å². The molecule has 0 aliphatic rings. The molecule has 0 saturated heterocycles. The molecule has 0 aliphatic carbocycles. The molecule has 1 aromatic heterocycles. The van der Waals surface area contributed by atoms with Crippen molar-refractivity contribution >= 4 is 23.8 Å². The number of hydrazone groups is 1. The maximum absolute atomic E-state index is 11.8. The minimum atomic E-state index is -0.277. The quantitative estimate of drug-likeness (QED) is 0.579. The monoisotopic (exact) mass is 306 g/mol. The summed E-state index contributed by atoms with van der Waals surface area (Å²) in [5.74, 6) is 0.254. The number of benzene rings is 1. The van der Waals surface area contributed by atoms with E-state index in [4.69, 9.17) is 16.7 Å². The molecular formula is C14H15ClN4O2. The first kappa shape index (κ1) is 15.2. The van der Waals surface area contributed by atoms with Crippen molar-refractivity contribution < 1.29 is 5.11 Å². The van der Waals surface area contributed by atoms with E-state index in [-0.39, 0.29) is 24.5 Å². The molecule has 2 aromatic rings. The fraction of sp³-hybridized carbons (Fsp3) is 0.214. The van der Waals surface area contributed by atoms with Gasteiger partial charge in [0.05, 0.1) is 11.9 Å². The highest BCUT2D eigenvalue weighted by Gasteiger charge is 2.06. The third-order valence-electron chi connectivity index (χ3n) is 2.84. The van der Waals surface area contributed by atoms with Crippen molar-refractivity contribution in [3.05, 3.63) is 56.5 Å². The van der Waals surface area contributed by atoms with Crippen LogP contribution in [0.15, 0.2) is 34.2 Å². The van der Waals surface area contributed by atoms with Crippen LogP contribution in [0.2, 0.25) is 5.02 Å². The van der Waals surface area contributed by atoms with Crippen LogP contribution in [-0.2, 0) is 6.42 Å². The SMILES string of the molecule is Cc1nc(N/N=C\c2ccc(Cl)cc2)[nH]c(=O)c1CCO. The number of hydrogen-bond donors (Lipinski definition) is 3. The third-order valence-corrected chi connectivity index (χ3v) is 3.09. The molecule has 7 heteroatoms. The Labute approximate surface area is 126 Å². The molecule has 0 amide bonds. The molecule has 0 fully saturated rings. The van der Waals surface area contributed by atoms with Crippen LogP contribution in [0.25, 0.3) is 0 Å². The minimum Gasteiger partial charge on any atom is -0.396 e. The summed E-state index contributed by atoms with van der Waals surface area (Å²) in [5.41, 5.74) is 4.30. The number of anilines is 1. The lowest BCUT2D eigenvalue weighted by molar-refractivity contribution is 0.298. The number of aliphatic hydroxyl groups is 1. The molecule has 1 heterocycles. The van der Waals surface area contributed by atoms with Crippen molar-refractivity contribution in [2.45, 2.75) is 13.3 Å². The van der Waals surface area contributed by atoms with Crippen LogP contribution in [0.5, 0.6) is 0 Å². The number of aromatic nitrogens is 2. The van der Waals surface area contributed by atoms with Crippen LogP contribution in [0, 0.1) is 6.92 Å². The first-order valence-electron chi connectivity index (χ1n) is 6.35. The van der Waals surface area contributed by atoms with Crippen LogP contribution < -0.4 is 11.0 Å². The van der Waals surface area contributed by atoms with E-state index < -0.39 is 0 Å². The second-order valence-corrected chi connectivity index (χ2v) is 4.81. The molecule has 110 valence electrons. The van der Waals surface area contributed by atoms with E-state index in [1.54, 1.807) is 25.3 Å². The van der Waals surface area contributed by atoms with Gasteiger partial charge in [-0.1, -0.05) is 23.7 Å². The van der Waals surface area contributed by atoms with E-state index in [1.807, 2.05) is 12.1 Å². The summed E-state index contributed by atoms with van der Waals surface area (Å²) in [5, 5.41) is 13.5. The molecule has 2 rings (SSSR count). The first-order chi connectivity index (χ1) is 10.1. The molecular weight excluding hydrogens is 292 g/mol. The summed E-state index contributed by atoms with van der Waals surface area (Å²) >= 11 is 5.79. The second-order valence-electron chi connectivity index (χ2n) is 4.37. The van der Waals surface area contributed by atoms with E-state index in [0.29, 0.717) is 16.3 Å². The predicted molar refractivity (Wildman–Crippen MR) is 83.1 cm³/mol. The molecule has 21 heavy (non-hydrogen) atoms. The summed E-state index contributed by atoms with van der Waals surface area (Å²) in [6.07, 6.45) is 1.87. The van der Waals surface area contributed by atoms with E-state index in [2.05, 4.69) is 20.5 Å². The molecule has 0 spiro atoms. The zero-order chi connectivity index (χ0) is 15.2. The highest BCUT2D eigenvalue weighted by Crippen LogP contribution is 2.08. The number of halogens is 1. The summed E-state index contributed by atoms with van der Waals surface area (Å²) in [7, 11) is 0. The number of rotatable bonds is 5. The molecule has 0 unspecified atom stereocenters. The molecule has 0 bridgehead atoms. The average Bonchev–Trinajstić information content (AvgIpc) is 2.45. The highest BCUT2D eigenvalue weighted by atomic mass is 35.5. The third kappa shape index (κ3) is 4.14. The standard InChI is InChI=1S/C14H15ClN4O2/c1-9-12(6-7-20)13(21)18-14(17-9)19-16-8-10-2-4-11(15)5-3-10/h2-5,8,20H,6-7H2,1H3,(H2,17,18,19,21)/b16-8-.